The third kappa shape index (κ3) is 7.93. The average molecular weight is 368 g/mol. The van der Waals surface area contributed by atoms with Gasteiger partial charge in [-0.05, 0) is 30.9 Å². The molecule has 0 heterocycles. The van der Waals surface area contributed by atoms with Crippen molar-refractivity contribution < 1.29 is 23.9 Å². The van der Waals surface area contributed by atoms with Gasteiger partial charge in [0.1, 0.15) is 18.7 Å². The predicted octanol–water partition coefficient (Wildman–Crippen LogP) is 1.71. The summed E-state index contributed by atoms with van der Waals surface area (Å²) in [5, 5.41) is 5.07. The number of nitrogens with one attached hydrogen (secondary N) is 2. The van der Waals surface area contributed by atoms with E-state index in [1.165, 1.54) is 14.0 Å². The summed E-state index contributed by atoms with van der Waals surface area (Å²) in [4.78, 5) is 35.7. The number of hydrogen-bond donors (Lipinski definition) is 2. The zero-order chi connectivity index (χ0) is 18.7. The maximum Gasteiger partial charge on any atom is 0.408 e. The number of carbonyl (C=O) groups is 3. The van der Waals surface area contributed by atoms with E-state index in [1.807, 2.05) is 36.6 Å². The van der Waals surface area contributed by atoms with Gasteiger partial charge >= 0.3 is 12.1 Å². The first-order chi connectivity index (χ1) is 12.0. The number of rotatable bonds is 9. The molecule has 0 aliphatic heterocycles. The number of esters is 1. The number of ether oxygens (including phenoxy) is 2. The van der Waals surface area contributed by atoms with E-state index in [9.17, 15) is 14.4 Å². The highest BCUT2D eigenvalue weighted by Crippen LogP contribution is 2.04. The zero-order valence-electron chi connectivity index (χ0n) is 14.6. The second kappa shape index (κ2) is 11.4. The summed E-state index contributed by atoms with van der Waals surface area (Å²) in [7, 11) is 1.25. The largest absolute Gasteiger partial charge is 0.467 e. The monoisotopic (exact) mass is 368 g/mol. The fourth-order valence-corrected chi connectivity index (χ4v) is 2.43. The smallest absolute Gasteiger partial charge is 0.408 e. The van der Waals surface area contributed by atoms with Gasteiger partial charge in [-0.25, -0.2) is 9.59 Å². The Morgan fingerprint density at radius 3 is 2.44 bits per heavy atom. The zero-order valence-corrected chi connectivity index (χ0v) is 15.4. The molecular formula is C17H24N2O5S. The minimum absolute atomic E-state index is 0.113. The van der Waals surface area contributed by atoms with E-state index >= 15 is 0 Å². The third-order valence-electron chi connectivity index (χ3n) is 3.35. The van der Waals surface area contributed by atoms with Gasteiger partial charge < -0.3 is 20.1 Å². The van der Waals surface area contributed by atoms with E-state index in [-0.39, 0.29) is 6.61 Å². The van der Waals surface area contributed by atoms with Crippen molar-refractivity contribution in [3.63, 3.8) is 0 Å². The molecule has 2 N–H and O–H groups in total. The Hall–Kier alpha value is -2.22. The number of hydrogen-bond acceptors (Lipinski definition) is 6. The third-order valence-corrected chi connectivity index (χ3v) is 3.99. The van der Waals surface area contributed by atoms with Gasteiger partial charge in [-0.3, -0.25) is 4.79 Å². The average Bonchev–Trinajstić information content (AvgIpc) is 2.63. The van der Waals surface area contributed by atoms with Crippen LogP contribution in [-0.2, 0) is 25.7 Å². The first-order valence-electron chi connectivity index (χ1n) is 7.82. The van der Waals surface area contributed by atoms with Crippen LogP contribution in [0.4, 0.5) is 4.79 Å². The number of alkyl carbamates (subject to hydrolysis) is 1. The topological polar surface area (TPSA) is 93.7 Å². The molecule has 0 aliphatic rings. The van der Waals surface area contributed by atoms with Crippen molar-refractivity contribution >= 4 is 29.7 Å². The summed E-state index contributed by atoms with van der Waals surface area (Å²) in [5.74, 6) is -0.337. The van der Waals surface area contributed by atoms with Crippen LogP contribution in [0.15, 0.2) is 30.3 Å². The van der Waals surface area contributed by atoms with Gasteiger partial charge in [0.25, 0.3) is 0 Å². The lowest BCUT2D eigenvalue weighted by Gasteiger charge is -2.20. The molecule has 0 aromatic heterocycles. The molecular weight excluding hydrogens is 344 g/mol. The molecule has 0 aliphatic carbocycles. The molecule has 138 valence electrons. The lowest BCUT2D eigenvalue weighted by Crippen LogP contribution is -2.51. The van der Waals surface area contributed by atoms with Crippen LogP contribution >= 0.6 is 11.8 Å². The number of amides is 2. The van der Waals surface area contributed by atoms with Crippen molar-refractivity contribution in [2.45, 2.75) is 32.0 Å². The van der Waals surface area contributed by atoms with Crippen LogP contribution in [0.3, 0.4) is 0 Å². The summed E-state index contributed by atoms with van der Waals surface area (Å²) >= 11 is 1.55. The molecule has 0 fully saturated rings. The Kier molecular flexibility index (Phi) is 9.46. The molecule has 1 aromatic rings. The van der Waals surface area contributed by atoms with Crippen molar-refractivity contribution in [1.82, 2.24) is 10.6 Å². The van der Waals surface area contributed by atoms with E-state index in [0.717, 1.165) is 5.56 Å². The molecule has 2 amide bonds. The molecule has 25 heavy (non-hydrogen) atoms. The molecule has 0 bridgehead atoms. The first-order valence-corrected chi connectivity index (χ1v) is 9.21. The Bertz CT molecular complexity index is 567. The van der Waals surface area contributed by atoms with Crippen LogP contribution in [0.5, 0.6) is 0 Å². The van der Waals surface area contributed by atoms with Gasteiger partial charge in [0, 0.05) is 0 Å². The molecule has 1 rings (SSSR count). The Morgan fingerprint density at radius 1 is 1.16 bits per heavy atom. The van der Waals surface area contributed by atoms with Crippen LogP contribution in [0.25, 0.3) is 0 Å². The predicted molar refractivity (Wildman–Crippen MR) is 96.2 cm³/mol. The Labute approximate surface area is 151 Å². The number of thioether (sulfide) groups is 1. The van der Waals surface area contributed by atoms with Crippen LogP contribution < -0.4 is 10.6 Å². The highest BCUT2D eigenvalue weighted by molar-refractivity contribution is 7.98. The lowest BCUT2D eigenvalue weighted by atomic mass is 10.2. The molecule has 0 spiro atoms. The second-order valence-corrected chi connectivity index (χ2v) is 6.28. The number of carbonyl (C=O) groups excluding carboxylic acids is 3. The maximum atomic E-state index is 12.3. The van der Waals surface area contributed by atoms with Crippen molar-refractivity contribution in [2.24, 2.45) is 0 Å². The van der Waals surface area contributed by atoms with E-state index in [1.54, 1.807) is 11.8 Å². The summed E-state index contributed by atoms with van der Waals surface area (Å²) in [6, 6.07) is 7.65. The maximum absolute atomic E-state index is 12.3. The second-order valence-electron chi connectivity index (χ2n) is 5.29. The highest BCUT2D eigenvalue weighted by atomic mass is 32.2. The van der Waals surface area contributed by atoms with Gasteiger partial charge in [0.15, 0.2) is 0 Å². The SMILES string of the molecule is COC(=O)[C@H](C)NC(=O)C(CCSC)NC(=O)OCc1ccccc1. The minimum Gasteiger partial charge on any atom is -0.467 e. The summed E-state index contributed by atoms with van der Waals surface area (Å²) in [5.41, 5.74) is 0.849. The van der Waals surface area contributed by atoms with Crippen LogP contribution in [-0.4, -0.2) is 49.2 Å². The molecule has 1 aromatic carbocycles. The Balaban J connectivity index is 2.57. The standard InChI is InChI=1S/C17H24N2O5S/c1-12(16(21)23-2)18-15(20)14(9-10-25-3)19-17(22)24-11-13-7-5-4-6-8-13/h4-8,12,14H,9-11H2,1-3H3,(H,18,20)(H,19,22)/t12-,14?/m0/s1. The van der Waals surface area contributed by atoms with Crippen molar-refractivity contribution in [3.8, 4) is 0 Å². The Morgan fingerprint density at radius 2 is 1.84 bits per heavy atom. The van der Waals surface area contributed by atoms with Crippen LogP contribution in [0, 0.1) is 0 Å². The van der Waals surface area contributed by atoms with E-state index < -0.39 is 30.1 Å². The molecule has 0 radical (unpaired) electrons. The molecule has 0 saturated heterocycles. The first kappa shape index (κ1) is 20.8. The fraction of sp³-hybridized carbons (Fsp3) is 0.471. The fourth-order valence-electron chi connectivity index (χ4n) is 1.96. The van der Waals surface area contributed by atoms with Crippen LogP contribution in [0.1, 0.15) is 18.9 Å². The van der Waals surface area contributed by atoms with Gasteiger partial charge in [-0.15, -0.1) is 0 Å². The van der Waals surface area contributed by atoms with Gasteiger partial charge in [-0.2, -0.15) is 11.8 Å². The normalized spacial score (nSPS) is 12.6. The van der Waals surface area contributed by atoms with Gasteiger partial charge in [0.2, 0.25) is 5.91 Å². The van der Waals surface area contributed by atoms with E-state index in [4.69, 9.17) is 4.74 Å². The van der Waals surface area contributed by atoms with Gasteiger partial charge in [-0.1, -0.05) is 30.3 Å². The number of methoxy groups -OCH3 is 1. The van der Waals surface area contributed by atoms with Crippen molar-refractivity contribution in [1.29, 1.82) is 0 Å². The summed E-state index contributed by atoms with van der Waals surface area (Å²) in [6.45, 7) is 1.63. The quantitative estimate of drug-likeness (QED) is 0.645. The molecule has 1 unspecified atom stereocenters. The van der Waals surface area contributed by atoms with Gasteiger partial charge in [0.05, 0.1) is 7.11 Å². The number of benzene rings is 1. The highest BCUT2D eigenvalue weighted by Gasteiger charge is 2.24. The molecule has 7 nitrogen and oxygen atoms in total. The van der Waals surface area contributed by atoms with E-state index in [0.29, 0.717) is 12.2 Å². The minimum atomic E-state index is -0.795. The lowest BCUT2D eigenvalue weighted by molar-refractivity contribution is -0.144. The van der Waals surface area contributed by atoms with Crippen molar-refractivity contribution in [3.05, 3.63) is 35.9 Å². The van der Waals surface area contributed by atoms with Crippen LogP contribution in [0.2, 0.25) is 0 Å². The summed E-state index contributed by atoms with van der Waals surface area (Å²) < 4.78 is 9.71. The van der Waals surface area contributed by atoms with E-state index in [2.05, 4.69) is 15.4 Å². The molecule has 8 heteroatoms. The summed E-state index contributed by atoms with van der Waals surface area (Å²) in [6.07, 6.45) is 1.64. The molecule has 0 saturated carbocycles. The molecule has 2 atom stereocenters. The van der Waals surface area contributed by atoms with Crippen molar-refractivity contribution in [2.75, 3.05) is 19.1 Å².